The Morgan fingerprint density at radius 2 is 1.77 bits per heavy atom. The van der Waals surface area contributed by atoms with E-state index >= 15 is 0 Å². The molecule has 13 heavy (non-hydrogen) atoms. The van der Waals surface area contributed by atoms with Crippen molar-refractivity contribution in [2.75, 3.05) is 6.61 Å². The van der Waals surface area contributed by atoms with Gasteiger partial charge in [-0.1, -0.05) is 0 Å². The molecule has 0 unspecified atom stereocenters. The van der Waals surface area contributed by atoms with Crippen molar-refractivity contribution in [3.8, 4) is 0 Å². The van der Waals surface area contributed by atoms with E-state index in [1.54, 1.807) is 0 Å². The summed E-state index contributed by atoms with van der Waals surface area (Å²) in [5.74, 6) is 0. The molecule has 0 aliphatic carbocycles. The average Bonchev–Trinajstić information content (AvgIpc) is 2.61. The molecule has 0 aromatic heterocycles. The zero-order chi connectivity index (χ0) is 9.57. The van der Waals surface area contributed by atoms with E-state index in [1.807, 2.05) is 0 Å². The van der Waals surface area contributed by atoms with Gasteiger partial charge in [-0.3, -0.25) is 0 Å². The van der Waals surface area contributed by atoms with Gasteiger partial charge >= 0.3 is 87.0 Å². The van der Waals surface area contributed by atoms with E-state index in [-0.39, 0.29) is 0 Å². The third-order valence-electron chi connectivity index (χ3n) is 2.80. The van der Waals surface area contributed by atoms with E-state index in [4.69, 9.17) is 3.07 Å². The topological polar surface area (TPSA) is 9.23 Å². The minimum absolute atomic E-state index is 0.920. The van der Waals surface area contributed by atoms with Gasteiger partial charge in [-0.25, -0.2) is 0 Å². The summed E-state index contributed by atoms with van der Waals surface area (Å²) in [6.45, 7) is 5.47. The van der Waals surface area contributed by atoms with Crippen LogP contribution in [0.15, 0.2) is 10.2 Å². The molecule has 0 saturated heterocycles. The van der Waals surface area contributed by atoms with Crippen LogP contribution in [-0.4, -0.2) is 25.4 Å². The van der Waals surface area contributed by atoms with Crippen LogP contribution in [0.2, 0.25) is 8.87 Å². The Morgan fingerprint density at radius 1 is 1.15 bits per heavy atom. The van der Waals surface area contributed by atoms with Gasteiger partial charge in [-0.2, -0.15) is 0 Å². The first-order valence-electron chi connectivity index (χ1n) is 5.64. The molecule has 0 N–H and O–H groups in total. The zero-order valence-corrected chi connectivity index (χ0v) is 11.9. The number of hydrogen-bond donors (Lipinski definition) is 0. The van der Waals surface area contributed by atoms with Crippen LogP contribution in [-0.2, 0) is 3.07 Å². The van der Waals surface area contributed by atoms with Crippen molar-refractivity contribution in [2.45, 2.75) is 48.4 Å². The van der Waals surface area contributed by atoms with E-state index in [0.717, 1.165) is 6.61 Å². The SMILES string of the molecule is CCC[CH2][Sn]1([CH2]CCC)[CH]=CC[O]1. The second kappa shape index (κ2) is 6.07. The first-order chi connectivity index (χ1) is 6.33. The second-order valence-corrected chi connectivity index (χ2v) is 14.7. The monoisotopic (exact) mass is 290 g/mol. The summed E-state index contributed by atoms with van der Waals surface area (Å²) in [6, 6.07) is 0. The number of unbranched alkanes of at least 4 members (excludes halogenated alkanes) is 2. The molecule has 0 atom stereocenters. The fraction of sp³-hybridized carbons (Fsp3) is 0.818. The summed E-state index contributed by atoms with van der Waals surface area (Å²) in [7, 11) is 0. The minimum atomic E-state index is -2.11. The molecule has 0 fully saturated rings. The quantitative estimate of drug-likeness (QED) is 0.678. The fourth-order valence-corrected chi connectivity index (χ4v) is 12.8. The van der Waals surface area contributed by atoms with Crippen molar-refractivity contribution in [1.82, 2.24) is 0 Å². The Morgan fingerprint density at radius 3 is 2.15 bits per heavy atom. The van der Waals surface area contributed by atoms with Crippen LogP contribution in [0.25, 0.3) is 0 Å². The maximum absolute atomic E-state index is 6.04. The molecule has 1 nitrogen and oxygen atoms in total. The van der Waals surface area contributed by atoms with Crippen LogP contribution in [0.3, 0.4) is 0 Å². The van der Waals surface area contributed by atoms with Gasteiger partial charge in [-0.15, -0.1) is 0 Å². The molecule has 0 spiro atoms. The zero-order valence-electron chi connectivity index (χ0n) is 9.01. The van der Waals surface area contributed by atoms with Crippen molar-refractivity contribution >= 4 is 18.8 Å². The molecular weight excluding hydrogens is 267 g/mol. The van der Waals surface area contributed by atoms with Crippen molar-refractivity contribution in [3.63, 3.8) is 0 Å². The van der Waals surface area contributed by atoms with Crippen LogP contribution in [0.4, 0.5) is 0 Å². The molecule has 0 radical (unpaired) electrons. The van der Waals surface area contributed by atoms with E-state index in [0.29, 0.717) is 0 Å². The summed E-state index contributed by atoms with van der Waals surface area (Å²) >= 11 is -2.11. The summed E-state index contributed by atoms with van der Waals surface area (Å²) < 4.78 is 11.4. The Balaban J connectivity index is 2.38. The number of rotatable bonds is 6. The molecule has 1 aliphatic rings. The van der Waals surface area contributed by atoms with Gasteiger partial charge in [0.05, 0.1) is 0 Å². The predicted octanol–water partition coefficient (Wildman–Crippen LogP) is 3.66. The molecule has 1 heterocycles. The molecule has 0 saturated carbocycles. The summed E-state index contributed by atoms with van der Waals surface area (Å²) in [5.41, 5.74) is 0. The second-order valence-electron chi connectivity index (χ2n) is 3.99. The van der Waals surface area contributed by atoms with Gasteiger partial charge in [0.1, 0.15) is 0 Å². The van der Waals surface area contributed by atoms with E-state index < -0.39 is 18.8 Å². The predicted molar refractivity (Wildman–Crippen MR) is 60.3 cm³/mol. The normalized spacial score (nSPS) is 19.5. The molecule has 0 bridgehead atoms. The van der Waals surface area contributed by atoms with Crippen molar-refractivity contribution < 1.29 is 3.07 Å². The van der Waals surface area contributed by atoms with Gasteiger partial charge < -0.3 is 0 Å². The molecular formula is C11H22OSn. The molecule has 1 rings (SSSR count). The molecule has 1 aliphatic heterocycles. The summed E-state index contributed by atoms with van der Waals surface area (Å²) in [4.78, 5) is 0. The van der Waals surface area contributed by atoms with Crippen LogP contribution in [0, 0.1) is 0 Å². The molecule has 0 aromatic carbocycles. The number of hydrogen-bond acceptors (Lipinski definition) is 1. The van der Waals surface area contributed by atoms with Crippen LogP contribution < -0.4 is 0 Å². The van der Waals surface area contributed by atoms with Crippen LogP contribution >= 0.6 is 0 Å². The third kappa shape index (κ3) is 3.62. The fourth-order valence-electron chi connectivity index (χ4n) is 1.91. The van der Waals surface area contributed by atoms with Gasteiger partial charge in [-0.05, 0) is 0 Å². The summed E-state index contributed by atoms with van der Waals surface area (Å²) in [6.07, 6.45) is 7.67. The third-order valence-corrected chi connectivity index (χ3v) is 14.2. The standard InChI is InChI=1S/2C4H9.C3H4O.Sn/c2*1-3-4-2;1-2-3-4;/h2*1,3-4H2,2H3;1-2H,3H2;/q;;-1;+1. The van der Waals surface area contributed by atoms with Gasteiger partial charge in [0.15, 0.2) is 0 Å². The Hall–Kier alpha value is 0.499. The van der Waals surface area contributed by atoms with Crippen LogP contribution in [0.5, 0.6) is 0 Å². The van der Waals surface area contributed by atoms with Crippen molar-refractivity contribution in [1.29, 1.82) is 0 Å². The van der Waals surface area contributed by atoms with Gasteiger partial charge in [0.2, 0.25) is 0 Å². The molecule has 0 amide bonds. The van der Waals surface area contributed by atoms with Crippen LogP contribution in [0.1, 0.15) is 39.5 Å². The van der Waals surface area contributed by atoms with E-state index in [2.05, 4.69) is 24.0 Å². The first-order valence-corrected chi connectivity index (χ1v) is 12.5. The molecule has 76 valence electrons. The molecule has 0 aromatic rings. The average molecular weight is 289 g/mol. The van der Waals surface area contributed by atoms with E-state index in [1.165, 1.54) is 34.6 Å². The van der Waals surface area contributed by atoms with Crippen molar-refractivity contribution in [2.24, 2.45) is 0 Å². The Kier molecular flexibility index (Phi) is 5.40. The first kappa shape index (κ1) is 11.6. The van der Waals surface area contributed by atoms with Gasteiger partial charge in [0, 0.05) is 0 Å². The van der Waals surface area contributed by atoms with Gasteiger partial charge in [0.25, 0.3) is 0 Å². The Bertz CT molecular complexity index is 157. The molecule has 2 heteroatoms. The van der Waals surface area contributed by atoms with E-state index in [9.17, 15) is 0 Å². The Labute approximate surface area is 87.0 Å². The van der Waals surface area contributed by atoms with Crippen molar-refractivity contribution in [3.05, 3.63) is 10.2 Å². The maximum atomic E-state index is 6.04. The summed E-state index contributed by atoms with van der Waals surface area (Å²) in [5, 5.41) is 0.